The van der Waals surface area contributed by atoms with E-state index in [0.717, 1.165) is 6.92 Å². The first-order chi connectivity index (χ1) is 3.50. The van der Waals surface area contributed by atoms with Gasteiger partial charge in [-0.25, -0.2) is 4.39 Å². The Hall–Kier alpha value is -0.640. The van der Waals surface area contributed by atoms with Gasteiger partial charge in [0.2, 0.25) is 0 Å². The monoisotopic (exact) mass is 121 g/mol. The Balaban J connectivity index is 3.91. The first kappa shape index (κ1) is 7.36. The molecule has 0 fully saturated rings. The number of alkyl halides is 1. The quantitative estimate of drug-likeness (QED) is 0.529. The lowest BCUT2D eigenvalue weighted by atomic mass is 10.1. The Bertz CT molecular complexity index is 102. The third kappa shape index (κ3) is 1.46. The van der Waals surface area contributed by atoms with Crippen molar-refractivity contribution in [3.8, 4) is 0 Å². The number of rotatable bonds is 2. The number of aliphatic carboxylic acids is 1. The zero-order chi connectivity index (χ0) is 6.78. The average Bonchev–Trinajstić information content (AvgIpc) is 1.67. The van der Waals surface area contributed by atoms with Crippen LogP contribution in [0.5, 0.6) is 0 Å². The number of carbonyl (C=O) groups is 1. The Morgan fingerprint density at radius 2 is 2.38 bits per heavy atom. The summed E-state index contributed by atoms with van der Waals surface area (Å²) < 4.78 is 11.5. The van der Waals surface area contributed by atoms with E-state index in [1.807, 2.05) is 0 Å². The van der Waals surface area contributed by atoms with E-state index in [0.29, 0.717) is 0 Å². The van der Waals surface area contributed by atoms with Gasteiger partial charge in [0.05, 0.1) is 0 Å². The molecule has 0 amide bonds. The van der Waals surface area contributed by atoms with Crippen LogP contribution in [0, 0.1) is 0 Å². The fraction of sp³-hybridized carbons (Fsp3) is 0.750. The van der Waals surface area contributed by atoms with Crippen LogP contribution < -0.4 is 5.73 Å². The minimum absolute atomic E-state index is 1.04. The summed E-state index contributed by atoms with van der Waals surface area (Å²) in [4.78, 5) is 9.89. The maximum atomic E-state index is 11.5. The molecule has 1 atom stereocenters. The van der Waals surface area contributed by atoms with Crippen molar-refractivity contribution in [2.24, 2.45) is 5.73 Å². The highest BCUT2D eigenvalue weighted by Gasteiger charge is 2.27. The zero-order valence-electron chi connectivity index (χ0n) is 4.52. The van der Waals surface area contributed by atoms with Crippen molar-refractivity contribution < 1.29 is 14.3 Å². The molecule has 0 aromatic heterocycles. The van der Waals surface area contributed by atoms with Crippen molar-refractivity contribution in [1.29, 1.82) is 0 Å². The summed E-state index contributed by atoms with van der Waals surface area (Å²) in [6, 6.07) is 0. The van der Waals surface area contributed by atoms with Gasteiger partial charge in [0.15, 0.2) is 0 Å². The van der Waals surface area contributed by atoms with Crippen LogP contribution in [0.4, 0.5) is 4.39 Å². The van der Waals surface area contributed by atoms with Gasteiger partial charge in [-0.2, -0.15) is 0 Å². The summed E-state index contributed by atoms with van der Waals surface area (Å²) in [5.74, 6) is -1.32. The number of hydrogen-bond acceptors (Lipinski definition) is 2. The number of carboxylic acid groups (broad SMARTS) is 1. The van der Waals surface area contributed by atoms with E-state index in [-0.39, 0.29) is 0 Å². The third-order valence-corrected chi connectivity index (χ3v) is 0.766. The molecule has 0 aliphatic rings. The number of halogens is 1. The molecular formula is C4H8FNO2. The average molecular weight is 121 g/mol. The molecule has 3 N–H and O–H groups in total. The Morgan fingerprint density at radius 1 is 2.00 bits per heavy atom. The lowest BCUT2D eigenvalue weighted by Gasteiger charge is -2.12. The fourth-order valence-electron chi connectivity index (χ4n) is 0.0572. The second-order valence-electron chi connectivity index (χ2n) is 1.86. The van der Waals surface area contributed by atoms with Crippen molar-refractivity contribution in [2.75, 3.05) is 6.67 Å². The van der Waals surface area contributed by atoms with Crippen LogP contribution in [-0.4, -0.2) is 23.3 Å². The first-order valence-electron chi connectivity index (χ1n) is 2.09. The molecule has 0 saturated heterocycles. The van der Waals surface area contributed by atoms with Gasteiger partial charge in [0.25, 0.3) is 0 Å². The molecule has 0 aromatic carbocycles. The van der Waals surface area contributed by atoms with E-state index in [9.17, 15) is 9.18 Å². The maximum absolute atomic E-state index is 11.5. The second kappa shape index (κ2) is 2.09. The predicted molar refractivity (Wildman–Crippen MR) is 26.2 cm³/mol. The molecular weight excluding hydrogens is 113 g/mol. The van der Waals surface area contributed by atoms with E-state index in [4.69, 9.17) is 10.8 Å². The van der Waals surface area contributed by atoms with Crippen molar-refractivity contribution in [2.45, 2.75) is 12.5 Å². The Labute approximate surface area is 46.3 Å². The highest BCUT2D eigenvalue weighted by Crippen LogP contribution is 1.97. The maximum Gasteiger partial charge on any atom is 0.326 e. The van der Waals surface area contributed by atoms with Gasteiger partial charge in [-0.1, -0.05) is 0 Å². The van der Waals surface area contributed by atoms with Crippen LogP contribution in [0.1, 0.15) is 6.92 Å². The second-order valence-corrected chi connectivity index (χ2v) is 1.86. The molecule has 0 rings (SSSR count). The number of carboxylic acids is 1. The van der Waals surface area contributed by atoms with Crippen molar-refractivity contribution >= 4 is 5.97 Å². The molecule has 4 heteroatoms. The summed E-state index contributed by atoms with van der Waals surface area (Å²) in [7, 11) is 0. The van der Waals surface area contributed by atoms with E-state index >= 15 is 0 Å². The van der Waals surface area contributed by atoms with E-state index in [1.54, 1.807) is 0 Å². The van der Waals surface area contributed by atoms with Gasteiger partial charge in [-0.3, -0.25) is 4.79 Å². The number of nitrogens with two attached hydrogens (primary N) is 1. The highest BCUT2D eigenvalue weighted by molar-refractivity contribution is 5.77. The van der Waals surface area contributed by atoms with Gasteiger partial charge >= 0.3 is 5.97 Å². The van der Waals surface area contributed by atoms with Crippen LogP contribution in [0.15, 0.2) is 0 Å². The summed E-state index contributed by atoms with van der Waals surface area (Å²) in [6.07, 6.45) is 0. The third-order valence-electron chi connectivity index (χ3n) is 0.766. The lowest BCUT2D eigenvalue weighted by Crippen LogP contribution is -2.46. The molecule has 0 aliphatic carbocycles. The molecule has 0 bridgehead atoms. The minimum atomic E-state index is -1.71. The predicted octanol–water partition coefficient (Wildman–Crippen LogP) is -0.242. The number of hydrogen-bond donors (Lipinski definition) is 2. The fourth-order valence-corrected chi connectivity index (χ4v) is 0.0572. The zero-order valence-corrected chi connectivity index (χ0v) is 4.52. The summed E-state index contributed by atoms with van der Waals surface area (Å²) in [6.45, 7) is 0.0810. The van der Waals surface area contributed by atoms with Gasteiger partial charge in [0.1, 0.15) is 12.2 Å². The molecule has 0 aromatic rings. The molecule has 0 radical (unpaired) electrons. The summed E-state index contributed by atoms with van der Waals surface area (Å²) in [5, 5.41) is 8.08. The highest BCUT2D eigenvalue weighted by atomic mass is 19.1. The van der Waals surface area contributed by atoms with E-state index in [2.05, 4.69) is 0 Å². The SMILES string of the molecule is C[C@](N)(CF)C(=O)O. The Kier molecular flexibility index (Phi) is 1.92. The van der Waals surface area contributed by atoms with Crippen molar-refractivity contribution in [3.63, 3.8) is 0 Å². The summed E-state index contributed by atoms with van der Waals surface area (Å²) in [5.41, 5.74) is 3.18. The lowest BCUT2D eigenvalue weighted by molar-refractivity contribution is -0.143. The van der Waals surface area contributed by atoms with Crippen LogP contribution in [-0.2, 0) is 4.79 Å². The van der Waals surface area contributed by atoms with Crippen molar-refractivity contribution in [3.05, 3.63) is 0 Å². The van der Waals surface area contributed by atoms with Crippen molar-refractivity contribution in [1.82, 2.24) is 0 Å². The summed E-state index contributed by atoms with van der Waals surface area (Å²) >= 11 is 0. The van der Waals surface area contributed by atoms with Crippen LogP contribution >= 0.6 is 0 Å². The van der Waals surface area contributed by atoms with Crippen LogP contribution in [0.25, 0.3) is 0 Å². The molecule has 0 heterocycles. The van der Waals surface area contributed by atoms with Gasteiger partial charge in [-0.05, 0) is 6.92 Å². The molecule has 8 heavy (non-hydrogen) atoms. The van der Waals surface area contributed by atoms with E-state index in [1.165, 1.54) is 0 Å². The van der Waals surface area contributed by atoms with Gasteiger partial charge in [-0.15, -0.1) is 0 Å². The molecule has 0 aliphatic heterocycles. The molecule has 0 saturated carbocycles. The van der Waals surface area contributed by atoms with Gasteiger partial charge < -0.3 is 10.8 Å². The smallest absolute Gasteiger partial charge is 0.326 e. The van der Waals surface area contributed by atoms with E-state index < -0.39 is 18.2 Å². The molecule has 0 spiro atoms. The van der Waals surface area contributed by atoms with Crippen LogP contribution in [0.2, 0.25) is 0 Å². The standard InChI is InChI=1S/C4H8FNO2/c1-4(6,2-5)3(7)8/h2,6H2,1H3,(H,7,8)/t4-/m0/s1. The minimum Gasteiger partial charge on any atom is -0.480 e. The molecule has 0 unspecified atom stereocenters. The topological polar surface area (TPSA) is 63.3 Å². The first-order valence-corrected chi connectivity index (χ1v) is 2.09. The normalized spacial score (nSPS) is 17.4. The molecule has 3 nitrogen and oxygen atoms in total. The van der Waals surface area contributed by atoms with Crippen LogP contribution in [0.3, 0.4) is 0 Å². The largest absolute Gasteiger partial charge is 0.480 e. The molecule has 48 valence electrons. The van der Waals surface area contributed by atoms with Gasteiger partial charge in [0, 0.05) is 0 Å². The Morgan fingerprint density at radius 3 is 2.38 bits per heavy atom.